The minimum Gasteiger partial charge on any atom is -0.310 e. The molecule has 1 nitrogen and oxygen atoms in total. The van der Waals surface area contributed by atoms with E-state index in [1.54, 1.807) is 0 Å². The smallest absolute Gasteiger partial charge is 0.0441 e. The predicted octanol–water partition coefficient (Wildman–Crippen LogP) is 1.79. The van der Waals surface area contributed by atoms with Gasteiger partial charge in [-0.15, -0.1) is 12.3 Å². The molecule has 3 fully saturated rings. The van der Waals surface area contributed by atoms with Gasteiger partial charge in [-0.25, -0.2) is 0 Å². The molecule has 0 bridgehead atoms. The highest BCUT2D eigenvalue weighted by atomic mass is 15.1. The highest BCUT2D eigenvalue weighted by Gasteiger charge is 2.65. The van der Waals surface area contributed by atoms with Crippen LogP contribution in [-0.2, 0) is 0 Å². The zero-order valence-electron chi connectivity index (χ0n) is 8.27. The Kier molecular flexibility index (Phi) is 1.29. The molecule has 1 aliphatic heterocycles. The van der Waals surface area contributed by atoms with E-state index in [-0.39, 0.29) is 0 Å². The van der Waals surface area contributed by atoms with Gasteiger partial charge in [0.25, 0.3) is 0 Å². The van der Waals surface area contributed by atoms with Crippen molar-refractivity contribution in [1.29, 1.82) is 0 Å². The fourth-order valence-electron chi connectivity index (χ4n) is 3.35. The lowest BCUT2D eigenvalue weighted by Crippen LogP contribution is -2.52. The monoisotopic (exact) mass is 175 g/mol. The summed E-state index contributed by atoms with van der Waals surface area (Å²) in [6.07, 6.45) is 11.1. The Balaban J connectivity index is 1.96. The van der Waals surface area contributed by atoms with Gasteiger partial charge in [-0.05, 0) is 43.6 Å². The molecule has 2 spiro atoms. The summed E-state index contributed by atoms with van der Waals surface area (Å²) in [6.45, 7) is 3.55. The first-order chi connectivity index (χ1) is 6.23. The first-order valence-corrected chi connectivity index (χ1v) is 5.45. The fourth-order valence-corrected chi connectivity index (χ4v) is 3.35. The molecule has 1 heteroatoms. The van der Waals surface area contributed by atoms with Crippen LogP contribution in [0.2, 0.25) is 0 Å². The second-order valence-corrected chi connectivity index (χ2v) is 5.27. The van der Waals surface area contributed by atoms with Gasteiger partial charge in [-0.1, -0.05) is 6.92 Å². The Bertz CT molecular complexity index is 278. The van der Waals surface area contributed by atoms with Crippen LogP contribution in [0.15, 0.2) is 0 Å². The van der Waals surface area contributed by atoms with E-state index in [1.807, 2.05) is 0 Å². The third kappa shape index (κ3) is 0.828. The summed E-state index contributed by atoms with van der Waals surface area (Å²) in [6, 6.07) is 0. The first kappa shape index (κ1) is 7.88. The Labute approximate surface area is 80.3 Å². The van der Waals surface area contributed by atoms with Crippen LogP contribution in [0.5, 0.6) is 0 Å². The van der Waals surface area contributed by atoms with Gasteiger partial charge in [0.05, 0.1) is 0 Å². The third-order valence-corrected chi connectivity index (χ3v) is 4.65. The lowest BCUT2D eigenvalue weighted by molar-refractivity contribution is 0.136. The van der Waals surface area contributed by atoms with Crippen LogP contribution < -0.4 is 5.32 Å². The summed E-state index contributed by atoms with van der Waals surface area (Å²) >= 11 is 0. The average molecular weight is 175 g/mol. The molecule has 1 saturated heterocycles. The minimum absolute atomic E-state index is 0.387. The van der Waals surface area contributed by atoms with E-state index in [2.05, 4.69) is 18.2 Å². The molecule has 3 aliphatic rings. The number of hydrogen-bond donors (Lipinski definition) is 1. The van der Waals surface area contributed by atoms with E-state index in [0.29, 0.717) is 16.9 Å². The van der Waals surface area contributed by atoms with Gasteiger partial charge in [-0.3, -0.25) is 0 Å². The lowest BCUT2D eigenvalue weighted by atomic mass is 9.71. The van der Waals surface area contributed by atoms with E-state index in [0.717, 1.165) is 5.92 Å². The van der Waals surface area contributed by atoms with E-state index in [1.165, 1.54) is 32.2 Å². The second kappa shape index (κ2) is 2.12. The molecule has 0 radical (unpaired) electrons. The molecule has 70 valence electrons. The maximum absolute atomic E-state index is 5.71. The van der Waals surface area contributed by atoms with Gasteiger partial charge >= 0.3 is 0 Å². The molecule has 2 aliphatic carbocycles. The molecule has 0 aromatic carbocycles. The number of nitrogens with one attached hydrogen (secondary N) is 1. The molecular formula is C12H17N. The largest absolute Gasteiger partial charge is 0.310 e. The molecule has 1 N–H and O–H groups in total. The number of piperidine rings is 1. The minimum atomic E-state index is 0.387. The van der Waals surface area contributed by atoms with Crippen molar-refractivity contribution in [2.24, 2.45) is 17.3 Å². The number of hydrogen-bond acceptors (Lipinski definition) is 1. The van der Waals surface area contributed by atoms with Crippen molar-refractivity contribution in [3.8, 4) is 12.3 Å². The van der Waals surface area contributed by atoms with Gasteiger partial charge in [0.15, 0.2) is 0 Å². The molecule has 0 aromatic rings. The quantitative estimate of drug-likeness (QED) is 0.553. The van der Waals surface area contributed by atoms with Crippen molar-refractivity contribution >= 4 is 0 Å². The Morgan fingerprint density at radius 2 is 2.00 bits per heavy atom. The first-order valence-electron chi connectivity index (χ1n) is 5.45. The van der Waals surface area contributed by atoms with E-state index in [4.69, 9.17) is 6.42 Å². The predicted molar refractivity (Wildman–Crippen MR) is 53.1 cm³/mol. The summed E-state index contributed by atoms with van der Waals surface area (Å²) < 4.78 is 0. The van der Waals surface area contributed by atoms with Crippen molar-refractivity contribution in [3.05, 3.63) is 0 Å². The van der Waals surface area contributed by atoms with Gasteiger partial charge in [0.1, 0.15) is 0 Å². The fraction of sp³-hybridized carbons (Fsp3) is 0.833. The summed E-state index contributed by atoms with van der Waals surface area (Å²) in [5.41, 5.74) is 0.939. The highest BCUT2D eigenvalue weighted by molar-refractivity contribution is 5.27. The van der Waals surface area contributed by atoms with Gasteiger partial charge in [0.2, 0.25) is 0 Å². The maximum Gasteiger partial charge on any atom is 0.0441 e. The molecule has 1 heterocycles. The van der Waals surface area contributed by atoms with Gasteiger partial charge in [0, 0.05) is 11.5 Å². The molecule has 2 saturated carbocycles. The van der Waals surface area contributed by atoms with Crippen molar-refractivity contribution in [3.63, 3.8) is 0 Å². The maximum atomic E-state index is 5.71. The molecule has 13 heavy (non-hydrogen) atoms. The zero-order chi connectivity index (χ0) is 9.10. The van der Waals surface area contributed by atoms with Gasteiger partial charge < -0.3 is 5.32 Å². The van der Waals surface area contributed by atoms with Crippen LogP contribution in [0.1, 0.15) is 32.6 Å². The summed E-state index contributed by atoms with van der Waals surface area (Å²) in [7, 11) is 0. The second-order valence-electron chi connectivity index (χ2n) is 5.27. The average Bonchev–Trinajstić information content (AvgIpc) is 2.98. The summed E-state index contributed by atoms with van der Waals surface area (Å²) in [4.78, 5) is 0. The Morgan fingerprint density at radius 1 is 1.31 bits per heavy atom. The molecule has 0 aromatic heterocycles. The summed E-state index contributed by atoms with van der Waals surface area (Å²) in [5, 5.41) is 3.67. The van der Waals surface area contributed by atoms with Crippen molar-refractivity contribution in [2.75, 3.05) is 6.54 Å². The third-order valence-electron chi connectivity index (χ3n) is 4.65. The van der Waals surface area contributed by atoms with Crippen LogP contribution in [0.3, 0.4) is 0 Å². The van der Waals surface area contributed by atoms with Crippen molar-refractivity contribution < 1.29 is 0 Å². The number of rotatable bonds is 0. The standard InChI is InChI=1S/C12H17N/c1-3-10-11(4-5-11)9(2)8-13-12(10)6-7-12/h1,9-10,13H,4-8H2,2H3/t9-,10-/m1/s1. The lowest BCUT2D eigenvalue weighted by Gasteiger charge is -2.41. The topological polar surface area (TPSA) is 12.0 Å². The Morgan fingerprint density at radius 3 is 2.46 bits per heavy atom. The highest BCUT2D eigenvalue weighted by Crippen LogP contribution is 2.66. The van der Waals surface area contributed by atoms with E-state index in [9.17, 15) is 0 Å². The van der Waals surface area contributed by atoms with Crippen LogP contribution in [0.25, 0.3) is 0 Å². The molecule has 0 amide bonds. The number of terminal acetylenes is 1. The van der Waals surface area contributed by atoms with Crippen LogP contribution in [0.4, 0.5) is 0 Å². The van der Waals surface area contributed by atoms with Crippen LogP contribution in [-0.4, -0.2) is 12.1 Å². The molecule has 2 atom stereocenters. The molecule has 0 unspecified atom stereocenters. The van der Waals surface area contributed by atoms with E-state index >= 15 is 0 Å². The van der Waals surface area contributed by atoms with Crippen LogP contribution >= 0.6 is 0 Å². The van der Waals surface area contributed by atoms with Gasteiger partial charge in [-0.2, -0.15) is 0 Å². The normalized spacial score (nSPS) is 43.1. The van der Waals surface area contributed by atoms with Crippen LogP contribution in [0, 0.1) is 29.6 Å². The zero-order valence-corrected chi connectivity index (χ0v) is 8.27. The van der Waals surface area contributed by atoms with Crippen molar-refractivity contribution in [1.82, 2.24) is 5.32 Å². The Hall–Kier alpha value is -0.480. The molecular weight excluding hydrogens is 158 g/mol. The SMILES string of the molecule is C#C[C@H]1C2(CC2)NC[C@@H](C)C12CC2. The van der Waals surface area contributed by atoms with E-state index < -0.39 is 0 Å². The van der Waals surface area contributed by atoms with Crippen molar-refractivity contribution in [2.45, 2.75) is 38.1 Å². The molecule has 3 rings (SSSR count). The summed E-state index contributed by atoms with van der Waals surface area (Å²) in [5.74, 6) is 4.40.